The third-order valence-electron chi connectivity index (χ3n) is 2.39. The van der Waals surface area contributed by atoms with Gasteiger partial charge < -0.3 is 0 Å². The molecule has 0 spiro atoms. The van der Waals surface area contributed by atoms with Gasteiger partial charge in [-0.1, -0.05) is 33.6 Å². The van der Waals surface area contributed by atoms with Crippen LogP contribution in [0.1, 0.15) is 40.0 Å². The van der Waals surface area contributed by atoms with Gasteiger partial charge in [0.25, 0.3) is 5.91 Å². The van der Waals surface area contributed by atoms with Gasteiger partial charge in [-0.3, -0.25) is 4.79 Å². The van der Waals surface area contributed by atoms with E-state index in [0.29, 0.717) is 0 Å². The first-order valence-electron chi connectivity index (χ1n) is 3.94. The Hall–Kier alpha value is -0.730. The van der Waals surface area contributed by atoms with Crippen molar-refractivity contribution < 1.29 is 4.79 Å². The monoisotopic (exact) mass is 157 g/mol. The summed E-state index contributed by atoms with van der Waals surface area (Å²) in [6.45, 7) is 6.03. The van der Waals surface area contributed by atoms with E-state index >= 15 is 0 Å². The first kappa shape index (κ1) is 10.3. The molecule has 11 heavy (non-hydrogen) atoms. The van der Waals surface area contributed by atoms with Crippen LogP contribution in [0, 0.1) is 10.3 Å². The third kappa shape index (κ3) is 3.25. The molecule has 0 rings (SSSR count). The fraction of sp³-hybridized carbons (Fsp3) is 0.875. The summed E-state index contributed by atoms with van der Waals surface area (Å²) in [7, 11) is 0. The van der Waals surface area contributed by atoms with E-state index < -0.39 is 5.91 Å². The molecule has 64 valence electrons. The van der Waals surface area contributed by atoms with Crippen LogP contribution >= 0.6 is 0 Å². The van der Waals surface area contributed by atoms with Crippen LogP contribution in [0.2, 0.25) is 0 Å². The van der Waals surface area contributed by atoms with Gasteiger partial charge in [0.15, 0.2) is 0 Å². The maximum absolute atomic E-state index is 10.7. The average molecular weight is 157 g/mol. The van der Waals surface area contributed by atoms with Crippen molar-refractivity contribution in [2.24, 2.45) is 10.6 Å². The van der Waals surface area contributed by atoms with Crippen LogP contribution in [0.3, 0.4) is 0 Å². The van der Waals surface area contributed by atoms with Gasteiger partial charge in [0.1, 0.15) is 0 Å². The summed E-state index contributed by atoms with van der Waals surface area (Å²) in [6.07, 6.45) is 2.10. The molecule has 0 aliphatic heterocycles. The van der Waals surface area contributed by atoms with Crippen molar-refractivity contribution in [2.45, 2.75) is 40.0 Å². The summed E-state index contributed by atoms with van der Waals surface area (Å²) in [5, 5.41) is 2.38. The molecule has 0 aromatic heterocycles. The zero-order valence-electron chi connectivity index (χ0n) is 7.39. The molecule has 0 atom stereocenters. The van der Waals surface area contributed by atoms with Gasteiger partial charge in [-0.25, -0.2) is 0 Å². The van der Waals surface area contributed by atoms with Crippen molar-refractivity contribution >= 4 is 5.91 Å². The van der Waals surface area contributed by atoms with Gasteiger partial charge in [0, 0.05) is 11.6 Å². The molecule has 0 aliphatic rings. The minimum atomic E-state index is -0.531. The summed E-state index contributed by atoms with van der Waals surface area (Å²) in [5.74, 6) is -0.531. The van der Waals surface area contributed by atoms with Crippen molar-refractivity contribution in [2.75, 3.05) is 0 Å². The minimum absolute atomic E-state index is 0.0367. The highest BCUT2D eigenvalue weighted by atomic mass is 16.3. The maximum atomic E-state index is 10.7. The number of carbonyl (C=O) groups excluding carboxylic acids is 1. The molecule has 0 saturated heterocycles. The van der Waals surface area contributed by atoms with E-state index in [1.165, 1.54) is 0 Å². The maximum Gasteiger partial charge on any atom is 0.286 e. The zero-order valence-corrected chi connectivity index (χ0v) is 7.39. The molecule has 1 amide bonds. The number of carbonyl (C=O) groups is 1. The Balaban J connectivity index is 4.06. The Morgan fingerprint density at radius 2 is 1.82 bits per heavy atom. The fourth-order valence-corrected chi connectivity index (χ4v) is 0.897. The standard InChI is InChI=1S/C8H15NO2/c1-4-8(3,5-2)6-7(10)9-11/h4-6H2,1-3H3. The van der Waals surface area contributed by atoms with Gasteiger partial charge in [0.2, 0.25) is 0 Å². The van der Waals surface area contributed by atoms with Crippen LogP contribution in [0.5, 0.6) is 0 Å². The Morgan fingerprint density at radius 1 is 1.36 bits per heavy atom. The van der Waals surface area contributed by atoms with E-state index in [0.717, 1.165) is 12.8 Å². The summed E-state index contributed by atoms with van der Waals surface area (Å²) >= 11 is 0. The second-order valence-corrected chi connectivity index (χ2v) is 3.18. The van der Waals surface area contributed by atoms with E-state index in [1.54, 1.807) is 0 Å². The molecular formula is C8H15NO2. The lowest BCUT2D eigenvalue weighted by Gasteiger charge is -2.23. The number of nitroso groups, excluding NO2 is 1. The van der Waals surface area contributed by atoms with Crippen LogP contribution in [-0.4, -0.2) is 5.91 Å². The molecule has 0 fully saturated rings. The van der Waals surface area contributed by atoms with Crippen molar-refractivity contribution in [3.8, 4) is 0 Å². The highest BCUT2D eigenvalue weighted by molar-refractivity contribution is 5.77. The Bertz CT molecular complexity index is 150. The number of amides is 1. The smallest absolute Gasteiger partial charge is 0.269 e. The summed E-state index contributed by atoms with van der Waals surface area (Å²) in [6, 6.07) is 0. The number of hydrogen-bond donors (Lipinski definition) is 0. The Labute approximate surface area is 67.2 Å². The molecule has 3 nitrogen and oxygen atoms in total. The van der Waals surface area contributed by atoms with Crippen LogP contribution < -0.4 is 0 Å². The quantitative estimate of drug-likeness (QED) is 0.588. The van der Waals surface area contributed by atoms with Crippen molar-refractivity contribution in [1.82, 2.24) is 0 Å². The lowest BCUT2D eigenvalue weighted by molar-refractivity contribution is -0.120. The predicted molar refractivity (Wildman–Crippen MR) is 44.1 cm³/mol. The first-order chi connectivity index (χ1) is 5.08. The van der Waals surface area contributed by atoms with Gasteiger partial charge in [-0.15, -0.1) is 4.91 Å². The van der Waals surface area contributed by atoms with E-state index in [9.17, 15) is 9.70 Å². The average Bonchev–Trinajstić information content (AvgIpc) is 2.04. The Morgan fingerprint density at radius 3 is 2.09 bits per heavy atom. The third-order valence-corrected chi connectivity index (χ3v) is 2.39. The first-order valence-corrected chi connectivity index (χ1v) is 3.94. The molecule has 0 radical (unpaired) electrons. The van der Waals surface area contributed by atoms with E-state index in [2.05, 4.69) is 5.18 Å². The van der Waals surface area contributed by atoms with Crippen LogP contribution in [0.15, 0.2) is 5.18 Å². The minimum Gasteiger partial charge on any atom is -0.269 e. The molecule has 0 N–H and O–H groups in total. The van der Waals surface area contributed by atoms with Crippen LogP contribution in [0.4, 0.5) is 0 Å². The fourth-order valence-electron chi connectivity index (χ4n) is 0.897. The highest BCUT2D eigenvalue weighted by Crippen LogP contribution is 2.29. The van der Waals surface area contributed by atoms with E-state index in [4.69, 9.17) is 0 Å². The van der Waals surface area contributed by atoms with E-state index in [-0.39, 0.29) is 11.8 Å². The lowest BCUT2D eigenvalue weighted by Crippen LogP contribution is -2.17. The van der Waals surface area contributed by atoms with Crippen molar-refractivity contribution in [3.63, 3.8) is 0 Å². The largest absolute Gasteiger partial charge is 0.286 e. The van der Waals surface area contributed by atoms with Gasteiger partial charge >= 0.3 is 0 Å². The van der Waals surface area contributed by atoms with Gasteiger partial charge in [-0.2, -0.15) is 0 Å². The molecule has 0 unspecified atom stereocenters. The molecular weight excluding hydrogens is 142 g/mol. The molecule has 0 saturated carbocycles. The molecule has 0 aliphatic carbocycles. The second-order valence-electron chi connectivity index (χ2n) is 3.18. The van der Waals surface area contributed by atoms with Gasteiger partial charge in [-0.05, 0) is 5.41 Å². The predicted octanol–water partition coefficient (Wildman–Crippen LogP) is 2.50. The Kier molecular flexibility index (Phi) is 3.93. The highest BCUT2D eigenvalue weighted by Gasteiger charge is 2.23. The molecule has 0 aromatic carbocycles. The number of nitrogens with zero attached hydrogens (tertiary/aromatic N) is 1. The SMILES string of the molecule is CCC(C)(CC)CC(=O)N=O. The lowest BCUT2D eigenvalue weighted by atomic mass is 9.81. The van der Waals surface area contributed by atoms with Crippen molar-refractivity contribution in [3.05, 3.63) is 4.91 Å². The molecule has 0 aromatic rings. The van der Waals surface area contributed by atoms with Crippen LogP contribution in [0.25, 0.3) is 0 Å². The van der Waals surface area contributed by atoms with Crippen molar-refractivity contribution in [1.29, 1.82) is 0 Å². The second kappa shape index (κ2) is 4.21. The normalized spacial score (nSPS) is 11.2. The summed E-state index contributed by atoms with van der Waals surface area (Å²) < 4.78 is 0. The molecule has 0 bridgehead atoms. The topological polar surface area (TPSA) is 46.5 Å². The van der Waals surface area contributed by atoms with E-state index in [1.807, 2.05) is 20.8 Å². The molecule has 3 heteroatoms. The number of rotatable bonds is 4. The van der Waals surface area contributed by atoms with Gasteiger partial charge in [0.05, 0.1) is 0 Å². The molecule has 0 heterocycles. The van der Waals surface area contributed by atoms with Crippen LogP contribution in [-0.2, 0) is 4.79 Å². The zero-order chi connectivity index (χ0) is 8.91. The number of hydrogen-bond acceptors (Lipinski definition) is 2. The summed E-state index contributed by atoms with van der Waals surface area (Å²) in [5.41, 5.74) is -0.0367. The summed E-state index contributed by atoms with van der Waals surface area (Å²) in [4.78, 5) is 20.5.